The molecule has 1 atom stereocenters. The van der Waals surface area contributed by atoms with Gasteiger partial charge >= 0.3 is 5.97 Å². The summed E-state index contributed by atoms with van der Waals surface area (Å²) in [5, 5.41) is 3.37. The molecule has 0 radical (unpaired) electrons. The van der Waals surface area contributed by atoms with Gasteiger partial charge in [-0.05, 0) is 49.6 Å². The quantitative estimate of drug-likeness (QED) is 0.370. The Morgan fingerprint density at radius 3 is 2.48 bits per heavy atom. The summed E-state index contributed by atoms with van der Waals surface area (Å²) in [6, 6.07) is 7.81. The van der Waals surface area contributed by atoms with Crippen molar-refractivity contribution in [2.24, 2.45) is 0 Å². The van der Waals surface area contributed by atoms with Crippen molar-refractivity contribution in [3.05, 3.63) is 48.3 Å². The number of hydrogen-bond acceptors (Lipinski definition) is 8. The van der Waals surface area contributed by atoms with E-state index < -0.39 is 12.0 Å². The topological polar surface area (TPSA) is 105 Å². The highest BCUT2D eigenvalue weighted by atomic mass is 16.5. The third-order valence-electron chi connectivity index (χ3n) is 6.01. The van der Waals surface area contributed by atoms with Crippen LogP contribution in [0, 0.1) is 0 Å². The molecule has 2 aliphatic heterocycles. The van der Waals surface area contributed by atoms with Crippen LogP contribution in [0.2, 0.25) is 0 Å². The number of ether oxygens (including phenoxy) is 1. The maximum absolute atomic E-state index is 13.0. The van der Waals surface area contributed by atoms with Crippen LogP contribution >= 0.6 is 0 Å². The maximum Gasteiger partial charge on any atom is 0.338 e. The average Bonchev–Trinajstić information content (AvgIpc) is 3.12. The first kappa shape index (κ1) is 22.8. The van der Waals surface area contributed by atoms with E-state index >= 15 is 0 Å². The molecule has 174 valence electrons. The van der Waals surface area contributed by atoms with Crippen molar-refractivity contribution < 1.29 is 19.1 Å². The van der Waals surface area contributed by atoms with Gasteiger partial charge in [-0.15, -0.1) is 0 Å². The molecule has 2 fully saturated rings. The van der Waals surface area contributed by atoms with Gasteiger partial charge in [0, 0.05) is 31.5 Å². The highest BCUT2D eigenvalue weighted by Gasteiger charge is 2.40. The average molecular weight is 452 g/mol. The molecule has 9 nitrogen and oxygen atoms in total. The first-order chi connectivity index (χ1) is 16.1. The molecule has 2 amide bonds. The summed E-state index contributed by atoms with van der Waals surface area (Å²) in [6.45, 7) is 3.98. The van der Waals surface area contributed by atoms with E-state index in [-0.39, 0.29) is 24.3 Å². The van der Waals surface area contributed by atoms with Gasteiger partial charge < -0.3 is 15.0 Å². The van der Waals surface area contributed by atoms with Crippen LogP contribution < -0.4 is 15.1 Å². The first-order valence-corrected chi connectivity index (χ1v) is 11.5. The van der Waals surface area contributed by atoms with Crippen molar-refractivity contribution in [2.45, 2.75) is 51.1 Å². The number of rotatable bonds is 8. The zero-order valence-corrected chi connectivity index (χ0v) is 18.8. The van der Waals surface area contributed by atoms with Crippen LogP contribution in [-0.4, -0.2) is 59.5 Å². The van der Waals surface area contributed by atoms with E-state index in [1.54, 1.807) is 42.7 Å². The second-order valence-electron chi connectivity index (χ2n) is 8.34. The number of unbranched alkanes of at least 4 members (excludes halogenated alkanes) is 1. The lowest BCUT2D eigenvalue weighted by atomic mass is 10.0. The fraction of sp³-hybridized carbons (Fsp3) is 0.458. The van der Waals surface area contributed by atoms with Gasteiger partial charge in [0.05, 0.1) is 30.3 Å². The standard InChI is InChI=1S/C24H29N5O4/c1-2-3-15-33-23(32)17-5-7-19(8-6-17)29-21(30)16-20(22(29)31)27-18-9-13-28(14-10-18)24-25-11-4-12-26-24/h4-8,11-12,18,20,27H,2-3,9-10,13-16H2,1H3. The molecular formula is C24H29N5O4. The lowest BCUT2D eigenvalue weighted by molar-refractivity contribution is -0.121. The Morgan fingerprint density at radius 2 is 1.82 bits per heavy atom. The van der Waals surface area contributed by atoms with Gasteiger partial charge in [-0.1, -0.05) is 13.3 Å². The summed E-state index contributed by atoms with van der Waals surface area (Å²) < 4.78 is 5.21. The van der Waals surface area contributed by atoms with Crippen LogP contribution in [0.15, 0.2) is 42.7 Å². The summed E-state index contributed by atoms with van der Waals surface area (Å²) in [4.78, 5) is 49.6. The van der Waals surface area contributed by atoms with Crippen molar-refractivity contribution >= 4 is 29.4 Å². The Balaban J connectivity index is 1.32. The predicted molar refractivity (Wildman–Crippen MR) is 123 cm³/mol. The Bertz CT molecular complexity index is 974. The van der Waals surface area contributed by atoms with Crippen LogP contribution in [0.1, 0.15) is 49.4 Å². The van der Waals surface area contributed by atoms with Gasteiger partial charge in [-0.3, -0.25) is 9.59 Å². The Labute approximate surface area is 193 Å². The van der Waals surface area contributed by atoms with Crippen molar-refractivity contribution in [1.29, 1.82) is 0 Å². The molecule has 1 aromatic carbocycles. The van der Waals surface area contributed by atoms with Gasteiger partial charge in [-0.25, -0.2) is 19.7 Å². The number of hydrogen-bond donors (Lipinski definition) is 1. The minimum atomic E-state index is -0.541. The second kappa shape index (κ2) is 10.5. The Morgan fingerprint density at radius 1 is 1.12 bits per heavy atom. The van der Waals surface area contributed by atoms with Gasteiger partial charge in [0.15, 0.2) is 0 Å². The second-order valence-corrected chi connectivity index (χ2v) is 8.34. The van der Waals surface area contributed by atoms with Gasteiger partial charge in [0.2, 0.25) is 11.9 Å². The number of amides is 2. The highest BCUT2D eigenvalue weighted by molar-refractivity contribution is 6.22. The number of imide groups is 1. The molecule has 33 heavy (non-hydrogen) atoms. The third-order valence-corrected chi connectivity index (χ3v) is 6.01. The molecule has 9 heteroatoms. The molecule has 0 bridgehead atoms. The van der Waals surface area contributed by atoms with Gasteiger partial charge in [0.25, 0.3) is 5.91 Å². The number of carbonyl (C=O) groups is 3. The molecule has 1 unspecified atom stereocenters. The Hall–Kier alpha value is -3.33. The molecule has 1 N–H and O–H groups in total. The van der Waals surface area contributed by atoms with Crippen molar-refractivity contribution in [3.63, 3.8) is 0 Å². The molecule has 0 saturated carbocycles. The molecule has 2 aromatic rings. The van der Waals surface area contributed by atoms with Crippen molar-refractivity contribution in [2.75, 3.05) is 29.5 Å². The number of aromatic nitrogens is 2. The number of nitrogens with zero attached hydrogens (tertiary/aromatic N) is 4. The maximum atomic E-state index is 13.0. The molecule has 2 aliphatic rings. The van der Waals surface area contributed by atoms with Crippen LogP contribution in [-0.2, 0) is 14.3 Å². The molecule has 0 aliphatic carbocycles. The zero-order valence-electron chi connectivity index (χ0n) is 18.8. The molecule has 1 aromatic heterocycles. The molecule has 2 saturated heterocycles. The van der Waals surface area contributed by atoms with E-state index in [1.165, 1.54) is 4.90 Å². The summed E-state index contributed by atoms with van der Waals surface area (Å²) >= 11 is 0. The van der Waals surface area contributed by atoms with E-state index in [0.29, 0.717) is 23.8 Å². The molecule has 3 heterocycles. The number of benzene rings is 1. The normalized spacial score (nSPS) is 19.2. The highest BCUT2D eigenvalue weighted by Crippen LogP contribution is 2.25. The fourth-order valence-electron chi connectivity index (χ4n) is 4.16. The summed E-state index contributed by atoms with van der Waals surface area (Å²) in [5.41, 5.74) is 0.869. The largest absolute Gasteiger partial charge is 0.462 e. The van der Waals surface area contributed by atoms with Crippen LogP contribution in [0.4, 0.5) is 11.6 Å². The number of piperidine rings is 1. The zero-order chi connectivity index (χ0) is 23.2. The lowest BCUT2D eigenvalue weighted by Gasteiger charge is -2.33. The molecule has 0 spiro atoms. The van der Waals surface area contributed by atoms with Crippen molar-refractivity contribution in [1.82, 2.24) is 15.3 Å². The van der Waals surface area contributed by atoms with E-state index in [4.69, 9.17) is 4.74 Å². The van der Waals surface area contributed by atoms with E-state index in [0.717, 1.165) is 38.8 Å². The minimum Gasteiger partial charge on any atom is -0.462 e. The monoisotopic (exact) mass is 451 g/mol. The fourth-order valence-corrected chi connectivity index (χ4v) is 4.16. The smallest absolute Gasteiger partial charge is 0.338 e. The SMILES string of the molecule is CCCCOC(=O)c1ccc(N2C(=O)CC(NC3CCN(c4ncccn4)CC3)C2=O)cc1. The summed E-state index contributed by atoms with van der Waals surface area (Å²) in [7, 11) is 0. The van der Waals surface area contributed by atoms with Gasteiger partial charge in [-0.2, -0.15) is 0 Å². The molecular weight excluding hydrogens is 422 g/mol. The van der Waals surface area contributed by atoms with Crippen LogP contribution in [0.5, 0.6) is 0 Å². The minimum absolute atomic E-state index is 0.127. The number of nitrogens with one attached hydrogen (secondary N) is 1. The molecule has 4 rings (SSSR count). The number of anilines is 2. The van der Waals surface area contributed by atoms with Crippen LogP contribution in [0.3, 0.4) is 0 Å². The number of esters is 1. The lowest BCUT2D eigenvalue weighted by Crippen LogP contribution is -2.49. The van der Waals surface area contributed by atoms with E-state index in [1.807, 2.05) is 6.92 Å². The third kappa shape index (κ3) is 5.36. The Kier molecular flexibility index (Phi) is 7.29. The van der Waals surface area contributed by atoms with E-state index in [9.17, 15) is 14.4 Å². The van der Waals surface area contributed by atoms with Gasteiger partial charge in [0.1, 0.15) is 0 Å². The first-order valence-electron chi connectivity index (χ1n) is 11.5. The predicted octanol–water partition coefficient (Wildman–Crippen LogP) is 2.32. The number of carbonyl (C=O) groups excluding carboxylic acids is 3. The summed E-state index contributed by atoms with van der Waals surface area (Å²) in [5.74, 6) is -0.189. The van der Waals surface area contributed by atoms with E-state index in [2.05, 4.69) is 20.2 Å². The summed E-state index contributed by atoms with van der Waals surface area (Å²) in [6.07, 6.45) is 7.02. The van der Waals surface area contributed by atoms with Crippen molar-refractivity contribution in [3.8, 4) is 0 Å². The van der Waals surface area contributed by atoms with Crippen LogP contribution in [0.25, 0.3) is 0 Å².